The summed E-state index contributed by atoms with van der Waals surface area (Å²) in [5.41, 5.74) is 3.79. The predicted octanol–water partition coefficient (Wildman–Crippen LogP) is 4.17. The molecule has 2 N–H and O–H groups in total. The second-order valence-electron chi connectivity index (χ2n) is 11.4. The van der Waals surface area contributed by atoms with Gasteiger partial charge in [0.05, 0.1) is 24.0 Å². The Morgan fingerprint density at radius 1 is 1.11 bits per heavy atom. The van der Waals surface area contributed by atoms with Gasteiger partial charge in [-0.25, -0.2) is 19.3 Å². The normalized spacial score (nSPS) is 28.0. The number of nitrogens with zero attached hydrogens (tertiary/aromatic N) is 5. The number of nitrogens with one attached hydrogen (secondary N) is 1. The molecule has 4 fully saturated rings. The molecule has 8 rings (SSSR count). The van der Waals surface area contributed by atoms with E-state index in [0.29, 0.717) is 31.1 Å². The molecule has 9 nitrogen and oxygen atoms in total. The Hall–Kier alpha value is -3.98. The zero-order valence-electron chi connectivity index (χ0n) is 21.5. The number of aryl methyl sites for hydroxylation is 1. The van der Waals surface area contributed by atoms with Gasteiger partial charge in [0.25, 0.3) is 0 Å². The lowest BCUT2D eigenvalue weighted by molar-refractivity contribution is -0.0124. The van der Waals surface area contributed by atoms with E-state index in [0.717, 1.165) is 36.4 Å². The van der Waals surface area contributed by atoms with Crippen molar-refractivity contribution in [2.75, 3.05) is 29.9 Å². The highest BCUT2D eigenvalue weighted by Gasteiger charge is 2.65. The lowest BCUT2D eigenvalue weighted by Crippen LogP contribution is -2.53. The number of aromatic nitrogens is 4. The van der Waals surface area contributed by atoms with Crippen molar-refractivity contribution in [1.82, 2.24) is 19.6 Å². The molecule has 1 aliphatic carbocycles. The van der Waals surface area contributed by atoms with E-state index >= 15 is 0 Å². The number of benzene rings is 1. The van der Waals surface area contributed by atoms with Gasteiger partial charge in [0.1, 0.15) is 11.4 Å². The monoisotopic (exact) mass is 510 g/mol. The van der Waals surface area contributed by atoms with Crippen molar-refractivity contribution in [3.8, 4) is 0 Å². The molecule has 0 amide bonds. The van der Waals surface area contributed by atoms with E-state index in [-0.39, 0.29) is 16.6 Å². The van der Waals surface area contributed by atoms with Crippen LogP contribution in [0.2, 0.25) is 0 Å². The summed E-state index contributed by atoms with van der Waals surface area (Å²) >= 11 is 0. The Kier molecular flexibility index (Phi) is 4.88. The molecule has 9 heteroatoms. The topological polar surface area (TPSA) is 105 Å². The molecule has 0 unspecified atom stereocenters. The smallest absolute Gasteiger partial charge is 0.354 e. The SMILES string of the molecule is Cc1cc(N2CC[C@](C)(c3ccccc3)C2)cn2nc(C34CC(Nc5cccc(C(=O)O)n5)(CO3)C4)nc12. The molecule has 194 valence electrons. The van der Waals surface area contributed by atoms with Gasteiger partial charge in [-0.3, -0.25) is 0 Å². The molecular formula is C29H30N6O3. The maximum atomic E-state index is 11.3. The van der Waals surface area contributed by atoms with Crippen LogP contribution in [0.3, 0.4) is 0 Å². The molecule has 3 aromatic heterocycles. The van der Waals surface area contributed by atoms with Gasteiger partial charge in [-0.15, -0.1) is 5.10 Å². The number of anilines is 2. The molecule has 2 bridgehead atoms. The number of hydrogen-bond acceptors (Lipinski definition) is 7. The van der Waals surface area contributed by atoms with E-state index in [1.165, 1.54) is 11.6 Å². The first-order valence-electron chi connectivity index (χ1n) is 13.1. The molecule has 1 aromatic carbocycles. The summed E-state index contributed by atoms with van der Waals surface area (Å²) in [4.78, 5) is 22.9. The minimum atomic E-state index is -1.04. The standard InChI is InChI=1S/C29H30N6O3/c1-19-13-21(34-12-11-27(2,17-34)20-7-4-3-5-8-20)14-35-24(19)31-26(33-35)29-15-28(16-29,18-38-29)32-23-10-6-9-22(30-23)25(36)37/h3-10,13-14H,11-12,15-18H2,1-2H3,(H,30,32)(H,36,37)/t27-,28?,29?/m0/s1. The van der Waals surface area contributed by atoms with Gasteiger partial charge in [0.2, 0.25) is 0 Å². The van der Waals surface area contributed by atoms with Crippen LogP contribution < -0.4 is 10.2 Å². The third-order valence-electron chi connectivity index (χ3n) is 8.55. The van der Waals surface area contributed by atoms with Gasteiger partial charge in [0, 0.05) is 31.3 Å². The molecule has 1 atom stereocenters. The molecule has 0 spiro atoms. The Labute approximate surface area is 220 Å². The lowest BCUT2D eigenvalue weighted by atomic mass is 9.68. The van der Waals surface area contributed by atoms with E-state index < -0.39 is 11.6 Å². The van der Waals surface area contributed by atoms with Crippen molar-refractivity contribution >= 4 is 23.1 Å². The maximum absolute atomic E-state index is 11.3. The highest BCUT2D eigenvalue weighted by atomic mass is 16.5. The van der Waals surface area contributed by atoms with Crippen LogP contribution >= 0.6 is 0 Å². The highest BCUT2D eigenvalue weighted by Crippen LogP contribution is 2.58. The number of fused-ring (bicyclic) bond motifs is 2. The first-order valence-corrected chi connectivity index (χ1v) is 13.1. The van der Waals surface area contributed by atoms with Crippen molar-refractivity contribution in [3.05, 3.63) is 83.4 Å². The number of pyridine rings is 2. The van der Waals surface area contributed by atoms with Gasteiger partial charge in [0.15, 0.2) is 17.2 Å². The summed E-state index contributed by atoms with van der Waals surface area (Å²) in [6.07, 6.45) is 4.62. The summed E-state index contributed by atoms with van der Waals surface area (Å²) in [6.45, 7) is 6.89. The van der Waals surface area contributed by atoms with Gasteiger partial charge < -0.3 is 20.1 Å². The minimum absolute atomic E-state index is 0.0197. The van der Waals surface area contributed by atoms with E-state index in [1.54, 1.807) is 12.1 Å². The molecule has 4 aromatic rings. The summed E-state index contributed by atoms with van der Waals surface area (Å²) in [6, 6.07) is 18.0. The predicted molar refractivity (Wildman–Crippen MR) is 143 cm³/mol. The fraction of sp³-hybridized carbons (Fsp3) is 0.379. The first kappa shape index (κ1) is 23.2. The van der Waals surface area contributed by atoms with Crippen LogP contribution in [-0.4, -0.2) is 55.9 Å². The van der Waals surface area contributed by atoms with E-state index in [1.807, 2.05) is 4.52 Å². The number of carbonyl (C=O) groups is 1. The third-order valence-corrected chi connectivity index (χ3v) is 8.55. The van der Waals surface area contributed by atoms with Crippen LogP contribution in [0.5, 0.6) is 0 Å². The van der Waals surface area contributed by atoms with Crippen LogP contribution in [-0.2, 0) is 15.8 Å². The maximum Gasteiger partial charge on any atom is 0.354 e. The van der Waals surface area contributed by atoms with Crippen LogP contribution in [0.4, 0.5) is 11.5 Å². The fourth-order valence-electron chi connectivity index (χ4n) is 6.52. The molecule has 4 aliphatic rings. The Morgan fingerprint density at radius 3 is 2.71 bits per heavy atom. The number of hydrogen-bond donors (Lipinski definition) is 2. The van der Waals surface area contributed by atoms with Gasteiger partial charge in [-0.2, -0.15) is 0 Å². The summed E-state index contributed by atoms with van der Waals surface area (Å²) in [5, 5.41) is 17.6. The van der Waals surface area contributed by atoms with Crippen LogP contribution in [0.15, 0.2) is 60.8 Å². The number of ether oxygens (including phenoxy) is 1. The van der Waals surface area contributed by atoms with Gasteiger partial charge in [-0.05, 0) is 42.7 Å². The van der Waals surface area contributed by atoms with Crippen molar-refractivity contribution in [2.24, 2.45) is 0 Å². The summed E-state index contributed by atoms with van der Waals surface area (Å²) < 4.78 is 8.18. The minimum Gasteiger partial charge on any atom is -0.477 e. The van der Waals surface area contributed by atoms with Crippen LogP contribution in [0.1, 0.15) is 53.6 Å². The largest absolute Gasteiger partial charge is 0.477 e. The summed E-state index contributed by atoms with van der Waals surface area (Å²) in [5.74, 6) is 0.204. The lowest BCUT2D eigenvalue weighted by Gasteiger charge is -2.43. The Bertz CT molecular complexity index is 1560. The van der Waals surface area contributed by atoms with E-state index in [4.69, 9.17) is 14.8 Å². The van der Waals surface area contributed by atoms with Crippen molar-refractivity contribution in [1.29, 1.82) is 0 Å². The zero-order valence-corrected chi connectivity index (χ0v) is 21.5. The van der Waals surface area contributed by atoms with E-state index in [9.17, 15) is 9.90 Å². The highest BCUT2D eigenvalue weighted by molar-refractivity contribution is 5.85. The van der Waals surface area contributed by atoms with E-state index in [2.05, 4.69) is 71.6 Å². The Morgan fingerprint density at radius 2 is 1.92 bits per heavy atom. The van der Waals surface area contributed by atoms with Gasteiger partial charge in [-0.1, -0.05) is 43.3 Å². The first-order chi connectivity index (χ1) is 18.3. The second kappa shape index (κ2) is 8.01. The number of rotatable bonds is 6. The molecule has 3 saturated heterocycles. The number of carboxylic acid groups (broad SMARTS) is 1. The third kappa shape index (κ3) is 3.56. The Balaban J connectivity index is 1.11. The van der Waals surface area contributed by atoms with Crippen molar-refractivity contribution < 1.29 is 14.6 Å². The van der Waals surface area contributed by atoms with Crippen molar-refractivity contribution in [3.63, 3.8) is 0 Å². The average molecular weight is 511 g/mol. The molecule has 0 radical (unpaired) electrons. The fourth-order valence-corrected chi connectivity index (χ4v) is 6.52. The molecule has 6 heterocycles. The van der Waals surface area contributed by atoms with Crippen LogP contribution in [0, 0.1) is 6.92 Å². The van der Waals surface area contributed by atoms with Gasteiger partial charge >= 0.3 is 5.97 Å². The average Bonchev–Trinajstić information content (AvgIpc) is 3.67. The van der Waals surface area contributed by atoms with Crippen molar-refractivity contribution in [2.45, 2.75) is 49.7 Å². The zero-order chi connectivity index (χ0) is 26.1. The quantitative estimate of drug-likeness (QED) is 0.398. The summed E-state index contributed by atoms with van der Waals surface area (Å²) in [7, 11) is 0. The molecule has 3 aliphatic heterocycles. The molecular weight excluding hydrogens is 480 g/mol. The number of aromatic carboxylic acids is 1. The van der Waals surface area contributed by atoms with Crippen LogP contribution in [0.25, 0.3) is 5.65 Å². The second-order valence-corrected chi connectivity index (χ2v) is 11.4. The molecule has 38 heavy (non-hydrogen) atoms. The molecule has 1 saturated carbocycles. The number of carboxylic acids is 1.